The first-order chi connectivity index (χ1) is 7.41. The van der Waals surface area contributed by atoms with Gasteiger partial charge in [-0.25, -0.2) is 0 Å². The van der Waals surface area contributed by atoms with Crippen LogP contribution in [0.2, 0.25) is 0 Å². The van der Waals surface area contributed by atoms with E-state index < -0.39 is 0 Å². The van der Waals surface area contributed by atoms with E-state index in [-0.39, 0.29) is 10.8 Å². The lowest BCUT2D eigenvalue weighted by Gasteiger charge is -2.25. The Morgan fingerprint density at radius 3 is 2.44 bits per heavy atom. The molecule has 0 aliphatic heterocycles. The summed E-state index contributed by atoms with van der Waals surface area (Å²) >= 11 is 9.92. The van der Waals surface area contributed by atoms with Crippen molar-refractivity contribution in [3.63, 3.8) is 0 Å². The van der Waals surface area contributed by atoms with Crippen molar-refractivity contribution in [2.45, 2.75) is 45.4 Å². The molecule has 1 atom stereocenters. The zero-order valence-corrected chi connectivity index (χ0v) is 12.6. The highest BCUT2D eigenvalue weighted by Gasteiger charge is 2.21. The molecule has 1 rings (SSSR count). The zero-order chi connectivity index (χ0) is 12.2. The number of aryl methyl sites for hydroxylation is 1. The largest absolute Gasteiger partial charge is 0.122 e. The van der Waals surface area contributed by atoms with Gasteiger partial charge in [0.25, 0.3) is 0 Å². The summed E-state index contributed by atoms with van der Waals surface area (Å²) in [7, 11) is 0. The second-order valence-corrected chi connectivity index (χ2v) is 6.70. The maximum atomic E-state index is 6.35. The van der Waals surface area contributed by atoms with E-state index in [1.54, 1.807) is 0 Å². The summed E-state index contributed by atoms with van der Waals surface area (Å²) in [5, 5.41) is 0.259. The van der Waals surface area contributed by atoms with Gasteiger partial charge >= 0.3 is 0 Å². The summed E-state index contributed by atoms with van der Waals surface area (Å²) in [6.45, 7) is 6.59. The van der Waals surface area contributed by atoms with Crippen molar-refractivity contribution < 1.29 is 0 Å². The molecule has 0 aromatic heterocycles. The minimum atomic E-state index is 0.204. The van der Waals surface area contributed by atoms with Gasteiger partial charge in [0.15, 0.2) is 0 Å². The Bertz CT molecular complexity index is 328. The first-order valence-electron chi connectivity index (χ1n) is 5.79. The van der Waals surface area contributed by atoms with Gasteiger partial charge in [-0.1, -0.05) is 54.9 Å². The van der Waals surface area contributed by atoms with Gasteiger partial charge < -0.3 is 0 Å². The van der Waals surface area contributed by atoms with E-state index in [4.69, 9.17) is 11.6 Å². The molecule has 0 radical (unpaired) electrons. The molecule has 0 N–H and O–H groups in total. The molecule has 90 valence electrons. The molecule has 0 spiro atoms. The van der Waals surface area contributed by atoms with E-state index >= 15 is 0 Å². The second kappa shape index (κ2) is 6.07. The van der Waals surface area contributed by atoms with Crippen LogP contribution in [0, 0.1) is 5.41 Å². The molecule has 16 heavy (non-hydrogen) atoms. The average Bonchev–Trinajstić information content (AvgIpc) is 2.19. The van der Waals surface area contributed by atoms with Crippen LogP contribution in [-0.4, -0.2) is 5.38 Å². The zero-order valence-electron chi connectivity index (χ0n) is 10.3. The lowest BCUT2D eigenvalue weighted by molar-refractivity contribution is 0.369. The van der Waals surface area contributed by atoms with Gasteiger partial charge in [0, 0.05) is 9.85 Å². The summed E-state index contributed by atoms with van der Waals surface area (Å²) in [6.07, 6.45) is 3.32. The highest BCUT2D eigenvalue weighted by Crippen LogP contribution is 2.29. The third-order valence-electron chi connectivity index (χ3n) is 2.80. The van der Waals surface area contributed by atoms with Crippen molar-refractivity contribution in [1.29, 1.82) is 0 Å². The monoisotopic (exact) mass is 302 g/mol. The Kier molecular flexibility index (Phi) is 5.33. The Morgan fingerprint density at radius 2 is 1.88 bits per heavy atom. The summed E-state index contributed by atoms with van der Waals surface area (Å²) in [6, 6.07) is 8.40. The third kappa shape index (κ3) is 4.47. The van der Waals surface area contributed by atoms with E-state index in [0.717, 1.165) is 19.3 Å². The van der Waals surface area contributed by atoms with Crippen LogP contribution in [0.25, 0.3) is 0 Å². The molecule has 0 heterocycles. The van der Waals surface area contributed by atoms with E-state index in [1.165, 1.54) is 10.0 Å². The number of halogens is 2. The average molecular weight is 304 g/mol. The van der Waals surface area contributed by atoms with Gasteiger partial charge in [0.05, 0.1) is 0 Å². The van der Waals surface area contributed by atoms with Crippen LogP contribution in [0.1, 0.15) is 39.2 Å². The van der Waals surface area contributed by atoms with E-state index in [2.05, 4.69) is 54.9 Å². The van der Waals surface area contributed by atoms with Gasteiger partial charge in [0.1, 0.15) is 0 Å². The second-order valence-electron chi connectivity index (χ2n) is 5.32. The van der Waals surface area contributed by atoms with Crippen LogP contribution in [0.3, 0.4) is 0 Å². The first-order valence-corrected chi connectivity index (χ1v) is 7.01. The topological polar surface area (TPSA) is 0 Å². The van der Waals surface area contributed by atoms with Gasteiger partial charge in [-0.15, -0.1) is 11.6 Å². The normalized spacial score (nSPS) is 13.8. The number of alkyl halides is 1. The van der Waals surface area contributed by atoms with Crippen molar-refractivity contribution in [3.8, 4) is 0 Å². The van der Waals surface area contributed by atoms with Crippen molar-refractivity contribution in [2.24, 2.45) is 5.41 Å². The SMILES string of the molecule is CC(C)(C)C(Cl)CCCc1ccccc1Br. The summed E-state index contributed by atoms with van der Waals surface area (Å²) in [5.41, 5.74) is 1.58. The fraction of sp³-hybridized carbons (Fsp3) is 0.571. The van der Waals surface area contributed by atoms with Crippen molar-refractivity contribution >= 4 is 27.5 Å². The lowest BCUT2D eigenvalue weighted by Crippen LogP contribution is -2.20. The van der Waals surface area contributed by atoms with Crippen LogP contribution in [0.4, 0.5) is 0 Å². The third-order valence-corrected chi connectivity index (χ3v) is 4.45. The van der Waals surface area contributed by atoms with Crippen molar-refractivity contribution in [2.75, 3.05) is 0 Å². The maximum Gasteiger partial charge on any atom is 0.0384 e. The predicted octanol–water partition coefficient (Wildman–Crippen LogP) is 5.43. The van der Waals surface area contributed by atoms with Crippen LogP contribution in [0.15, 0.2) is 28.7 Å². The molecule has 0 saturated heterocycles. The van der Waals surface area contributed by atoms with E-state index in [0.29, 0.717) is 0 Å². The molecular formula is C14H20BrCl. The van der Waals surface area contributed by atoms with Crippen molar-refractivity contribution in [3.05, 3.63) is 34.3 Å². The predicted molar refractivity (Wildman–Crippen MR) is 76.2 cm³/mol. The molecular weight excluding hydrogens is 284 g/mol. The summed E-state index contributed by atoms with van der Waals surface area (Å²) < 4.78 is 1.21. The first kappa shape index (κ1) is 14.1. The van der Waals surface area contributed by atoms with E-state index in [1.807, 2.05) is 6.07 Å². The molecule has 0 saturated carbocycles. The van der Waals surface area contributed by atoms with Gasteiger partial charge in [-0.3, -0.25) is 0 Å². The smallest absolute Gasteiger partial charge is 0.0384 e. The van der Waals surface area contributed by atoms with Gasteiger partial charge in [-0.05, 0) is 36.3 Å². The fourth-order valence-corrected chi connectivity index (χ4v) is 2.24. The number of benzene rings is 1. The summed E-state index contributed by atoms with van der Waals surface area (Å²) in [5.74, 6) is 0. The number of hydrogen-bond donors (Lipinski definition) is 0. The Hall–Kier alpha value is -0.0100. The molecule has 1 aromatic rings. The van der Waals surface area contributed by atoms with Crippen molar-refractivity contribution in [1.82, 2.24) is 0 Å². The minimum Gasteiger partial charge on any atom is -0.122 e. The molecule has 0 amide bonds. The van der Waals surface area contributed by atoms with Gasteiger partial charge in [0.2, 0.25) is 0 Å². The Labute approximate surface area is 113 Å². The molecule has 0 aliphatic carbocycles. The minimum absolute atomic E-state index is 0.204. The highest BCUT2D eigenvalue weighted by atomic mass is 79.9. The number of rotatable bonds is 4. The van der Waals surface area contributed by atoms with Gasteiger partial charge in [-0.2, -0.15) is 0 Å². The lowest BCUT2D eigenvalue weighted by atomic mass is 9.88. The fourth-order valence-electron chi connectivity index (χ4n) is 1.61. The maximum absolute atomic E-state index is 6.35. The van der Waals surface area contributed by atoms with Crippen LogP contribution in [0.5, 0.6) is 0 Å². The summed E-state index contributed by atoms with van der Waals surface area (Å²) in [4.78, 5) is 0. The molecule has 0 aliphatic rings. The Morgan fingerprint density at radius 1 is 1.25 bits per heavy atom. The molecule has 1 unspecified atom stereocenters. The molecule has 0 nitrogen and oxygen atoms in total. The quantitative estimate of drug-likeness (QED) is 0.651. The van der Waals surface area contributed by atoms with Crippen LogP contribution >= 0.6 is 27.5 Å². The standard InChI is InChI=1S/C14H20BrCl/c1-14(2,3)13(16)10-6-8-11-7-4-5-9-12(11)15/h4-5,7,9,13H,6,8,10H2,1-3H3. The van der Waals surface area contributed by atoms with Crippen LogP contribution in [-0.2, 0) is 6.42 Å². The Balaban J connectivity index is 2.40. The molecule has 0 bridgehead atoms. The van der Waals surface area contributed by atoms with E-state index in [9.17, 15) is 0 Å². The number of hydrogen-bond acceptors (Lipinski definition) is 0. The van der Waals surface area contributed by atoms with Crippen LogP contribution < -0.4 is 0 Å². The highest BCUT2D eigenvalue weighted by molar-refractivity contribution is 9.10. The molecule has 2 heteroatoms. The molecule has 0 fully saturated rings. The molecule has 1 aromatic carbocycles.